The zero-order valence-corrected chi connectivity index (χ0v) is 14.0. The Kier molecular flexibility index (Phi) is 4.90. The van der Waals surface area contributed by atoms with Crippen LogP contribution >= 0.6 is 11.6 Å². The molecule has 3 amide bonds. The number of hydrogen-bond acceptors (Lipinski definition) is 3. The third-order valence-electron chi connectivity index (χ3n) is 3.57. The Hall–Kier alpha value is -2.99. The number of urea groups is 1. The lowest BCUT2D eigenvalue weighted by molar-refractivity contribution is -0.121. The van der Waals surface area contributed by atoms with Crippen molar-refractivity contribution in [1.29, 1.82) is 0 Å². The number of nitrogens with one attached hydrogen (secondary N) is 2. The van der Waals surface area contributed by atoms with Crippen LogP contribution in [-0.4, -0.2) is 25.1 Å². The van der Waals surface area contributed by atoms with Crippen molar-refractivity contribution in [2.45, 2.75) is 0 Å². The van der Waals surface area contributed by atoms with Crippen molar-refractivity contribution in [3.8, 4) is 5.75 Å². The third-order valence-corrected chi connectivity index (χ3v) is 3.83. The maximum Gasteiger partial charge on any atom is 0.323 e. The van der Waals surface area contributed by atoms with Crippen LogP contribution in [0.1, 0.15) is 0 Å². The molecule has 1 aliphatic rings. The van der Waals surface area contributed by atoms with Crippen LogP contribution in [0.3, 0.4) is 0 Å². The van der Waals surface area contributed by atoms with Gasteiger partial charge in [0.05, 0.1) is 5.69 Å². The van der Waals surface area contributed by atoms with Gasteiger partial charge in [-0.05, 0) is 42.5 Å². The summed E-state index contributed by atoms with van der Waals surface area (Å²) in [7, 11) is 0. The topological polar surface area (TPSA) is 70.7 Å². The minimum absolute atomic E-state index is 0.00926. The first-order valence-corrected chi connectivity index (χ1v) is 7.96. The molecule has 3 rings (SSSR count). The number of amides is 3. The molecule has 2 aromatic rings. The Morgan fingerprint density at radius 2 is 1.88 bits per heavy atom. The molecule has 0 saturated heterocycles. The number of nitrogens with zero attached hydrogens (tertiary/aromatic N) is 1. The van der Waals surface area contributed by atoms with Gasteiger partial charge in [-0.1, -0.05) is 17.7 Å². The van der Waals surface area contributed by atoms with Crippen LogP contribution < -0.4 is 20.3 Å². The van der Waals surface area contributed by atoms with E-state index in [4.69, 9.17) is 16.3 Å². The van der Waals surface area contributed by atoms with Gasteiger partial charge in [-0.2, -0.15) is 0 Å². The van der Waals surface area contributed by atoms with Crippen molar-refractivity contribution in [2.24, 2.45) is 0 Å². The first-order chi connectivity index (χ1) is 12.1. The predicted octanol–water partition coefficient (Wildman–Crippen LogP) is 3.90. The number of hydrogen-bond donors (Lipinski definition) is 2. The fraction of sp³-hybridized carbons (Fsp3) is 0.111. The number of rotatable bonds is 4. The monoisotopic (exact) mass is 357 g/mol. The maximum absolute atomic E-state index is 12.1. The molecule has 128 valence electrons. The minimum Gasteiger partial charge on any atom is -0.482 e. The van der Waals surface area contributed by atoms with E-state index in [1.165, 1.54) is 0 Å². The molecule has 0 spiro atoms. The molecule has 0 atom stereocenters. The summed E-state index contributed by atoms with van der Waals surface area (Å²) >= 11 is 5.82. The highest BCUT2D eigenvalue weighted by molar-refractivity contribution is 6.30. The van der Waals surface area contributed by atoms with Crippen LogP contribution in [0.25, 0.3) is 0 Å². The Labute approximate surface area is 150 Å². The second-order valence-corrected chi connectivity index (χ2v) is 5.79. The van der Waals surface area contributed by atoms with Crippen molar-refractivity contribution in [1.82, 2.24) is 0 Å². The van der Waals surface area contributed by atoms with Gasteiger partial charge < -0.3 is 20.3 Å². The predicted molar refractivity (Wildman–Crippen MR) is 98.6 cm³/mol. The molecule has 1 heterocycles. The quantitative estimate of drug-likeness (QED) is 0.815. The molecule has 2 aromatic carbocycles. The first kappa shape index (κ1) is 16.9. The largest absolute Gasteiger partial charge is 0.482 e. The summed E-state index contributed by atoms with van der Waals surface area (Å²) in [4.78, 5) is 25.7. The van der Waals surface area contributed by atoms with E-state index in [2.05, 4.69) is 17.2 Å². The fourth-order valence-corrected chi connectivity index (χ4v) is 2.56. The van der Waals surface area contributed by atoms with Gasteiger partial charge in [0, 0.05) is 22.9 Å². The van der Waals surface area contributed by atoms with Crippen molar-refractivity contribution in [3.63, 3.8) is 0 Å². The summed E-state index contributed by atoms with van der Waals surface area (Å²) < 4.78 is 5.41. The van der Waals surface area contributed by atoms with E-state index in [0.717, 1.165) is 0 Å². The van der Waals surface area contributed by atoms with Crippen molar-refractivity contribution < 1.29 is 14.3 Å². The highest BCUT2D eigenvalue weighted by Crippen LogP contribution is 2.34. The van der Waals surface area contributed by atoms with Crippen LogP contribution in [0.2, 0.25) is 5.02 Å². The summed E-state index contributed by atoms with van der Waals surface area (Å²) in [6, 6.07) is 11.5. The molecular formula is C18H16ClN3O3. The lowest BCUT2D eigenvalue weighted by Crippen LogP contribution is -2.38. The molecule has 0 saturated carbocycles. The fourth-order valence-electron chi connectivity index (χ4n) is 2.44. The average Bonchev–Trinajstić information content (AvgIpc) is 2.59. The van der Waals surface area contributed by atoms with E-state index < -0.39 is 6.03 Å². The molecule has 2 N–H and O–H groups in total. The Bertz CT molecular complexity index is 821. The summed E-state index contributed by atoms with van der Waals surface area (Å²) in [6.07, 6.45) is 1.64. The van der Waals surface area contributed by atoms with Crippen LogP contribution in [-0.2, 0) is 4.79 Å². The number of halogens is 1. The summed E-state index contributed by atoms with van der Waals surface area (Å²) in [5.41, 5.74) is 1.75. The van der Waals surface area contributed by atoms with E-state index in [9.17, 15) is 9.59 Å². The second-order valence-electron chi connectivity index (χ2n) is 5.35. The lowest BCUT2D eigenvalue weighted by Gasteiger charge is -2.28. The minimum atomic E-state index is -0.402. The zero-order chi connectivity index (χ0) is 17.8. The average molecular weight is 358 g/mol. The number of fused-ring (bicyclic) bond motifs is 1. The standard InChI is InChI=1S/C18H16ClN3O3/c1-2-9-22-15-10-14(7-8-16(15)25-11-17(22)23)21-18(24)20-13-5-3-12(19)4-6-13/h2-8,10H,1,9,11H2,(H2,20,21,24). The van der Waals surface area contributed by atoms with Gasteiger partial charge in [-0.25, -0.2) is 4.79 Å². The third kappa shape index (κ3) is 3.92. The van der Waals surface area contributed by atoms with Crippen molar-refractivity contribution in [2.75, 3.05) is 28.7 Å². The Morgan fingerprint density at radius 3 is 2.60 bits per heavy atom. The second kappa shape index (κ2) is 7.27. The highest BCUT2D eigenvalue weighted by atomic mass is 35.5. The molecule has 0 aromatic heterocycles. The lowest BCUT2D eigenvalue weighted by atomic mass is 10.2. The van der Waals surface area contributed by atoms with Gasteiger partial charge >= 0.3 is 6.03 Å². The molecule has 0 fully saturated rings. The van der Waals surface area contributed by atoms with Gasteiger partial charge in [0.15, 0.2) is 6.61 Å². The number of anilines is 3. The van der Waals surface area contributed by atoms with Crippen LogP contribution in [0.15, 0.2) is 55.1 Å². The molecule has 7 heteroatoms. The van der Waals surface area contributed by atoms with Gasteiger partial charge in [0.25, 0.3) is 5.91 Å². The number of carbonyl (C=O) groups is 2. The maximum atomic E-state index is 12.1. The van der Waals surface area contributed by atoms with E-state index in [1.54, 1.807) is 53.4 Å². The van der Waals surface area contributed by atoms with Gasteiger partial charge in [0.2, 0.25) is 0 Å². The molecular weight excluding hydrogens is 342 g/mol. The summed E-state index contributed by atoms with van der Waals surface area (Å²) in [5.74, 6) is 0.431. The Balaban J connectivity index is 1.75. The highest BCUT2D eigenvalue weighted by Gasteiger charge is 2.24. The number of benzene rings is 2. The van der Waals surface area contributed by atoms with Gasteiger partial charge in [-0.15, -0.1) is 6.58 Å². The van der Waals surface area contributed by atoms with Crippen LogP contribution in [0, 0.1) is 0 Å². The summed E-state index contributed by atoms with van der Waals surface area (Å²) in [6.45, 7) is 4.02. The van der Waals surface area contributed by atoms with Crippen molar-refractivity contribution >= 4 is 40.6 Å². The number of carbonyl (C=O) groups excluding carboxylic acids is 2. The molecule has 0 radical (unpaired) electrons. The normalized spacial score (nSPS) is 12.8. The smallest absolute Gasteiger partial charge is 0.323 e. The van der Waals surface area contributed by atoms with Gasteiger partial charge in [-0.3, -0.25) is 4.79 Å². The molecule has 1 aliphatic heterocycles. The first-order valence-electron chi connectivity index (χ1n) is 7.58. The van der Waals surface area contributed by atoms with E-state index in [-0.39, 0.29) is 12.5 Å². The Morgan fingerprint density at radius 1 is 1.20 bits per heavy atom. The van der Waals surface area contributed by atoms with Crippen LogP contribution in [0.4, 0.5) is 21.9 Å². The van der Waals surface area contributed by atoms with E-state index in [0.29, 0.717) is 34.4 Å². The van der Waals surface area contributed by atoms with Gasteiger partial charge in [0.1, 0.15) is 5.75 Å². The molecule has 0 unspecified atom stereocenters. The number of ether oxygens (including phenoxy) is 1. The molecule has 6 nitrogen and oxygen atoms in total. The summed E-state index contributed by atoms with van der Waals surface area (Å²) in [5, 5.41) is 6.03. The molecule has 0 bridgehead atoms. The van der Waals surface area contributed by atoms with Crippen molar-refractivity contribution in [3.05, 3.63) is 60.1 Å². The molecule has 0 aliphatic carbocycles. The molecule has 25 heavy (non-hydrogen) atoms. The van der Waals surface area contributed by atoms with Crippen LogP contribution in [0.5, 0.6) is 5.75 Å². The zero-order valence-electron chi connectivity index (χ0n) is 13.3. The van der Waals surface area contributed by atoms with E-state index in [1.807, 2.05) is 0 Å². The van der Waals surface area contributed by atoms with E-state index >= 15 is 0 Å². The SMILES string of the molecule is C=CCN1C(=O)COc2ccc(NC(=O)Nc3ccc(Cl)cc3)cc21.